The summed E-state index contributed by atoms with van der Waals surface area (Å²) in [6, 6.07) is 0. The van der Waals surface area contributed by atoms with Gasteiger partial charge in [-0.25, -0.2) is 0 Å². The first-order valence-electron chi connectivity index (χ1n) is 6.35. The molecule has 14 heavy (non-hydrogen) atoms. The van der Waals surface area contributed by atoms with Crippen LogP contribution < -0.4 is 0 Å². The molecule has 0 rings (SSSR count). The third-order valence-electron chi connectivity index (χ3n) is 1.54. The van der Waals surface area contributed by atoms with Crippen LogP contribution in [-0.2, 0) is 4.74 Å². The molecule has 0 atom stereocenters. The van der Waals surface area contributed by atoms with Crippen molar-refractivity contribution in [3.63, 3.8) is 0 Å². The van der Waals surface area contributed by atoms with Crippen molar-refractivity contribution >= 4 is 0 Å². The van der Waals surface area contributed by atoms with Crippen molar-refractivity contribution in [2.45, 2.75) is 67.4 Å². The largest absolute Gasteiger partial charge is 0.375 e. The lowest BCUT2D eigenvalue weighted by molar-refractivity contribution is -0.0708. The van der Waals surface area contributed by atoms with Gasteiger partial charge in [-0.1, -0.05) is 41.5 Å². The minimum atomic E-state index is -1.37. The molecule has 1 nitrogen and oxygen atoms in total. The zero-order valence-corrected chi connectivity index (χ0v) is 11.1. The molecule has 0 heterocycles. The molecule has 0 N–H and O–H groups in total. The molecule has 0 aliphatic heterocycles. The first-order valence-corrected chi connectivity index (χ1v) is 5.35. The van der Waals surface area contributed by atoms with Crippen LogP contribution in [0.4, 0.5) is 0 Å². The second-order valence-corrected chi connectivity index (χ2v) is 6.73. The van der Waals surface area contributed by atoms with Gasteiger partial charge in [0.15, 0.2) is 0 Å². The van der Waals surface area contributed by atoms with Crippen LogP contribution in [0.1, 0.15) is 64.5 Å². The minimum Gasteiger partial charge on any atom is -0.375 e. The Balaban J connectivity index is 4.79. The van der Waals surface area contributed by atoms with Crippen molar-refractivity contribution in [2.24, 2.45) is 10.8 Å². The number of hydrogen-bond acceptors (Lipinski definition) is 1. The molecule has 0 aliphatic carbocycles. The van der Waals surface area contributed by atoms with Crippen molar-refractivity contribution in [2.75, 3.05) is 6.61 Å². The molecule has 1 heteroatoms. The Labute approximate surface area is 93.0 Å². The molecule has 0 spiro atoms. The minimum absolute atomic E-state index is 0.0607. The number of ether oxygens (including phenoxy) is 1. The van der Waals surface area contributed by atoms with E-state index in [9.17, 15) is 0 Å². The van der Waals surface area contributed by atoms with Crippen LogP contribution >= 0.6 is 0 Å². The van der Waals surface area contributed by atoms with Crippen molar-refractivity contribution < 1.29 is 7.48 Å². The molecule has 0 saturated carbocycles. The lowest BCUT2D eigenvalue weighted by atomic mass is 9.83. The van der Waals surface area contributed by atoms with Crippen molar-refractivity contribution in [3.05, 3.63) is 0 Å². The third kappa shape index (κ3) is 8.55. The first kappa shape index (κ1) is 10.5. The summed E-state index contributed by atoms with van der Waals surface area (Å²) in [4.78, 5) is 0. The van der Waals surface area contributed by atoms with Crippen LogP contribution in [0.15, 0.2) is 0 Å². The fourth-order valence-electron chi connectivity index (χ4n) is 1.34. The molecule has 0 aromatic heterocycles. The van der Waals surface area contributed by atoms with E-state index in [4.69, 9.17) is 7.48 Å². The van der Waals surface area contributed by atoms with Crippen LogP contribution in [-0.4, -0.2) is 12.2 Å². The van der Waals surface area contributed by atoms with Gasteiger partial charge in [0.2, 0.25) is 0 Å². The summed E-state index contributed by atoms with van der Waals surface area (Å²) in [5, 5.41) is 0. The summed E-state index contributed by atoms with van der Waals surface area (Å²) in [7, 11) is 0. The number of rotatable bonds is 3. The lowest BCUT2D eigenvalue weighted by Gasteiger charge is -2.34. The van der Waals surface area contributed by atoms with Gasteiger partial charge in [-0.05, 0) is 31.1 Å². The Morgan fingerprint density at radius 2 is 1.29 bits per heavy atom. The highest BCUT2D eigenvalue weighted by molar-refractivity contribution is 4.78. The summed E-state index contributed by atoms with van der Waals surface area (Å²) in [6.45, 7) is 16.3. The van der Waals surface area contributed by atoms with Gasteiger partial charge in [0.1, 0.15) is 0 Å². The molecule has 0 aliphatic rings. The normalized spacial score (nSPS) is 17.7. The summed E-state index contributed by atoms with van der Waals surface area (Å²) < 4.78 is 22.3. The Bertz CT molecular complexity index is 231. The van der Waals surface area contributed by atoms with Gasteiger partial charge in [-0.2, -0.15) is 0 Å². The molecule has 0 fully saturated rings. The maximum atomic E-state index is 8.23. The monoisotopic (exact) mass is 202 g/mol. The highest BCUT2D eigenvalue weighted by Gasteiger charge is 2.27. The predicted octanol–water partition coefficient (Wildman–Crippen LogP) is 4.26. The van der Waals surface area contributed by atoms with E-state index in [0.29, 0.717) is 6.61 Å². The van der Waals surface area contributed by atoms with Gasteiger partial charge in [0.25, 0.3) is 0 Å². The van der Waals surface area contributed by atoms with Crippen LogP contribution in [0.5, 0.6) is 0 Å². The molecule has 0 unspecified atom stereocenters. The van der Waals surface area contributed by atoms with Gasteiger partial charge in [0.05, 0.1) is 12.2 Å². The highest BCUT2D eigenvalue weighted by atomic mass is 16.5. The van der Waals surface area contributed by atoms with E-state index < -0.39 is 17.4 Å². The Hall–Kier alpha value is -0.0400. The van der Waals surface area contributed by atoms with Gasteiger partial charge in [0, 0.05) is 2.74 Å². The van der Waals surface area contributed by atoms with Crippen LogP contribution in [0.3, 0.4) is 0 Å². The molecule has 0 saturated heterocycles. The molecule has 0 aromatic carbocycles. The summed E-state index contributed by atoms with van der Waals surface area (Å²) in [6.07, 6.45) is -1.37. The SMILES string of the molecule is [2H]C([2H])(C(C)(C)C)C(C)(C)OCC(C)(C)C. The van der Waals surface area contributed by atoms with Crippen molar-refractivity contribution in [1.29, 1.82) is 0 Å². The van der Waals surface area contributed by atoms with Crippen LogP contribution in [0, 0.1) is 10.8 Å². The Morgan fingerprint density at radius 1 is 0.857 bits per heavy atom. The van der Waals surface area contributed by atoms with Gasteiger partial charge < -0.3 is 4.74 Å². The maximum Gasteiger partial charge on any atom is 0.0631 e. The number of hydrogen-bond donors (Lipinski definition) is 0. The van der Waals surface area contributed by atoms with Crippen molar-refractivity contribution in [1.82, 2.24) is 0 Å². The second-order valence-electron chi connectivity index (χ2n) is 6.73. The molecule has 0 aromatic rings. The van der Waals surface area contributed by atoms with E-state index in [-0.39, 0.29) is 5.41 Å². The average molecular weight is 202 g/mol. The molecular weight excluding hydrogens is 172 g/mol. The van der Waals surface area contributed by atoms with E-state index in [1.807, 2.05) is 34.6 Å². The van der Waals surface area contributed by atoms with Crippen LogP contribution in [0.25, 0.3) is 0 Å². The van der Waals surface area contributed by atoms with Gasteiger partial charge in [-0.15, -0.1) is 0 Å². The maximum absolute atomic E-state index is 8.23. The standard InChI is InChI=1S/C13H28O/c1-11(2,3)9-13(7,8)14-10-12(4,5)6/h9-10H2,1-8H3/i9D2. The lowest BCUT2D eigenvalue weighted by Crippen LogP contribution is -2.33. The highest BCUT2D eigenvalue weighted by Crippen LogP contribution is 2.30. The van der Waals surface area contributed by atoms with E-state index in [2.05, 4.69) is 20.8 Å². The van der Waals surface area contributed by atoms with E-state index in [0.717, 1.165) is 0 Å². The Kier molecular flexibility index (Phi) is 3.16. The molecule has 0 bridgehead atoms. The molecule has 0 amide bonds. The molecule has 0 radical (unpaired) electrons. The predicted molar refractivity (Wildman–Crippen MR) is 63.6 cm³/mol. The first-order chi connectivity index (χ1) is 6.71. The zero-order chi connectivity index (χ0) is 13.4. The van der Waals surface area contributed by atoms with Crippen molar-refractivity contribution in [3.8, 4) is 0 Å². The zero-order valence-electron chi connectivity index (χ0n) is 13.1. The van der Waals surface area contributed by atoms with Gasteiger partial charge >= 0.3 is 0 Å². The summed E-state index contributed by atoms with van der Waals surface area (Å²) in [5.41, 5.74) is -1.15. The van der Waals surface area contributed by atoms with E-state index in [1.54, 1.807) is 0 Å². The van der Waals surface area contributed by atoms with E-state index in [1.165, 1.54) is 0 Å². The second kappa shape index (κ2) is 4.22. The quantitative estimate of drug-likeness (QED) is 0.664. The molecule has 86 valence electrons. The Morgan fingerprint density at radius 3 is 1.57 bits per heavy atom. The smallest absolute Gasteiger partial charge is 0.0631 e. The average Bonchev–Trinajstić information content (AvgIpc) is 1.97. The third-order valence-corrected chi connectivity index (χ3v) is 1.54. The fraction of sp³-hybridized carbons (Fsp3) is 1.00. The fourth-order valence-corrected chi connectivity index (χ4v) is 1.34. The summed E-state index contributed by atoms with van der Waals surface area (Å²) >= 11 is 0. The van der Waals surface area contributed by atoms with Crippen LogP contribution in [0.2, 0.25) is 0 Å². The molecular formula is C13H28O. The van der Waals surface area contributed by atoms with Gasteiger partial charge in [-0.3, -0.25) is 0 Å². The summed E-state index contributed by atoms with van der Waals surface area (Å²) in [5.74, 6) is 0. The topological polar surface area (TPSA) is 9.23 Å². The van der Waals surface area contributed by atoms with E-state index >= 15 is 0 Å².